The molecule has 1 aromatic rings. The van der Waals surface area contributed by atoms with Gasteiger partial charge in [0.25, 0.3) is 5.91 Å². The summed E-state index contributed by atoms with van der Waals surface area (Å²) in [5.74, 6) is -1.05. The molecule has 2 fully saturated rings. The molecule has 3 rings (SSSR count). The van der Waals surface area contributed by atoms with E-state index in [9.17, 15) is 14.4 Å². The zero-order valence-corrected chi connectivity index (χ0v) is 11.4. The molecule has 3 N–H and O–H groups in total. The highest BCUT2D eigenvalue weighted by atomic mass is 16.7. The number of hydrogen-bond acceptors (Lipinski definition) is 5. The predicted molar refractivity (Wildman–Crippen MR) is 71.9 cm³/mol. The lowest BCUT2D eigenvalue weighted by Gasteiger charge is -2.32. The Morgan fingerprint density at radius 3 is 2.45 bits per heavy atom. The van der Waals surface area contributed by atoms with Crippen LogP contribution in [0.1, 0.15) is 18.0 Å². The normalized spacial score (nSPS) is 26.3. The number of ether oxygens (including phenoxy) is 2. The summed E-state index contributed by atoms with van der Waals surface area (Å²) in [6.07, 6.45) is -0.543. The standard InChI is InChI=1S/C14H14N2O6/c17-10-5-9(15-10)7-1-3-8(4-2-7)21-6-22-12-11(14(19)20)16-13(12)18/h1-4,9,11-12H,5-6H2,(H,15,17)(H,16,18)(H,19,20). The maximum atomic E-state index is 11.2. The lowest BCUT2D eigenvalue weighted by molar-refractivity contribution is -0.168. The molecule has 2 heterocycles. The summed E-state index contributed by atoms with van der Waals surface area (Å²) in [6.45, 7) is -0.221. The van der Waals surface area contributed by atoms with Gasteiger partial charge in [-0.1, -0.05) is 12.1 Å². The second kappa shape index (κ2) is 5.64. The molecule has 2 aliphatic heterocycles. The monoisotopic (exact) mass is 306 g/mol. The molecular formula is C14H14N2O6. The summed E-state index contributed by atoms with van der Waals surface area (Å²) in [4.78, 5) is 32.8. The average Bonchev–Trinajstić information content (AvgIpc) is 2.46. The van der Waals surface area contributed by atoms with Crippen LogP contribution in [-0.4, -0.2) is 41.8 Å². The van der Waals surface area contributed by atoms with Gasteiger partial charge in [-0.25, -0.2) is 4.79 Å². The van der Waals surface area contributed by atoms with Crippen molar-refractivity contribution in [2.45, 2.75) is 24.6 Å². The smallest absolute Gasteiger partial charge is 0.329 e. The van der Waals surface area contributed by atoms with Crippen molar-refractivity contribution < 1.29 is 29.0 Å². The van der Waals surface area contributed by atoms with Crippen LogP contribution < -0.4 is 15.4 Å². The Bertz CT molecular complexity index is 606. The van der Waals surface area contributed by atoms with Gasteiger partial charge in [0.2, 0.25) is 5.91 Å². The number of carbonyl (C=O) groups is 3. The van der Waals surface area contributed by atoms with E-state index in [1.807, 2.05) is 12.1 Å². The number of rotatable bonds is 6. The minimum Gasteiger partial charge on any atom is -0.480 e. The van der Waals surface area contributed by atoms with Crippen molar-refractivity contribution >= 4 is 17.8 Å². The minimum atomic E-state index is -1.14. The molecule has 0 aliphatic carbocycles. The summed E-state index contributed by atoms with van der Waals surface area (Å²) in [7, 11) is 0. The summed E-state index contributed by atoms with van der Waals surface area (Å²) < 4.78 is 10.4. The van der Waals surface area contributed by atoms with Gasteiger partial charge in [-0.05, 0) is 17.7 Å². The Hall–Kier alpha value is -2.61. The molecule has 3 atom stereocenters. The number of carbonyl (C=O) groups excluding carboxylic acids is 2. The van der Waals surface area contributed by atoms with E-state index in [4.69, 9.17) is 14.6 Å². The second-order valence-electron chi connectivity index (χ2n) is 5.07. The summed E-state index contributed by atoms with van der Waals surface area (Å²) in [6, 6.07) is 6.12. The topological polar surface area (TPSA) is 114 Å². The fourth-order valence-electron chi connectivity index (χ4n) is 2.26. The molecule has 8 nitrogen and oxygen atoms in total. The number of β-lactam (4-membered cyclic amide) rings is 2. The quantitative estimate of drug-likeness (QED) is 0.484. The van der Waals surface area contributed by atoms with E-state index >= 15 is 0 Å². The first-order valence-corrected chi connectivity index (χ1v) is 6.71. The molecule has 8 heteroatoms. The van der Waals surface area contributed by atoms with Crippen molar-refractivity contribution in [2.24, 2.45) is 0 Å². The van der Waals surface area contributed by atoms with Gasteiger partial charge in [0, 0.05) is 0 Å². The average molecular weight is 306 g/mol. The van der Waals surface area contributed by atoms with Crippen molar-refractivity contribution in [3.05, 3.63) is 29.8 Å². The SMILES string of the molecule is O=C1CC(c2ccc(OCOC3C(=O)NC3C(=O)O)cc2)N1. The van der Waals surface area contributed by atoms with Crippen molar-refractivity contribution in [1.29, 1.82) is 0 Å². The Morgan fingerprint density at radius 2 is 1.91 bits per heavy atom. The van der Waals surface area contributed by atoms with E-state index in [1.54, 1.807) is 12.1 Å². The number of benzene rings is 1. The molecule has 1 aromatic carbocycles. The van der Waals surface area contributed by atoms with Gasteiger partial charge in [0.1, 0.15) is 5.75 Å². The zero-order chi connectivity index (χ0) is 15.7. The lowest BCUT2D eigenvalue weighted by Crippen LogP contribution is -2.66. The first-order chi connectivity index (χ1) is 10.5. The Morgan fingerprint density at radius 1 is 1.23 bits per heavy atom. The molecule has 0 saturated carbocycles. The van der Waals surface area contributed by atoms with Crippen LogP contribution >= 0.6 is 0 Å². The van der Waals surface area contributed by atoms with Crippen LogP contribution in [-0.2, 0) is 19.1 Å². The van der Waals surface area contributed by atoms with Crippen molar-refractivity contribution in [2.75, 3.05) is 6.79 Å². The van der Waals surface area contributed by atoms with E-state index in [0.29, 0.717) is 12.2 Å². The predicted octanol–water partition coefficient (Wildman–Crippen LogP) is -0.448. The van der Waals surface area contributed by atoms with Gasteiger partial charge >= 0.3 is 5.97 Å². The maximum Gasteiger partial charge on any atom is 0.329 e. The third kappa shape index (κ3) is 2.73. The van der Waals surface area contributed by atoms with Crippen molar-refractivity contribution in [3.8, 4) is 5.75 Å². The van der Waals surface area contributed by atoms with Gasteiger partial charge in [-0.15, -0.1) is 0 Å². The Labute approximate surface area is 125 Å². The van der Waals surface area contributed by atoms with Crippen LogP contribution in [0.3, 0.4) is 0 Å². The molecule has 0 aromatic heterocycles. The lowest BCUT2D eigenvalue weighted by atomic mass is 9.97. The highest BCUT2D eigenvalue weighted by Gasteiger charge is 2.45. The van der Waals surface area contributed by atoms with Gasteiger partial charge in [0.15, 0.2) is 18.9 Å². The van der Waals surface area contributed by atoms with E-state index in [0.717, 1.165) is 5.56 Å². The first kappa shape index (κ1) is 14.3. The molecule has 3 unspecified atom stereocenters. The largest absolute Gasteiger partial charge is 0.480 e. The van der Waals surface area contributed by atoms with Crippen LogP contribution in [0.15, 0.2) is 24.3 Å². The zero-order valence-electron chi connectivity index (χ0n) is 11.4. The van der Waals surface area contributed by atoms with Crippen LogP contribution in [0.2, 0.25) is 0 Å². The third-order valence-corrected chi connectivity index (χ3v) is 3.61. The molecule has 0 bridgehead atoms. The molecule has 2 saturated heterocycles. The molecule has 0 spiro atoms. The van der Waals surface area contributed by atoms with Crippen molar-refractivity contribution in [3.63, 3.8) is 0 Å². The molecule has 0 radical (unpaired) electrons. The number of carboxylic acids is 1. The highest BCUT2D eigenvalue weighted by Crippen LogP contribution is 2.25. The Kier molecular flexibility index (Phi) is 3.68. The fourth-order valence-corrected chi connectivity index (χ4v) is 2.26. The first-order valence-electron chi connectivity index (χ1n) is 6.71. The van der Waals surface area contributed by atoms with E-state index in [-0.39, 0.29) is 18.7 Å². The highest BCUT2D eigenvalue weighted by molar-refractivity contribution is 5.98. The fraction of sp³-hybridized carbons (Fsp3) is 0.357. The van der Waals surface area contributed by atoms with E-state index in [2.05, 4.69) is 10.6 Å². The minimum absolute atomic E-state index is 0.0329. The van der Waals surface area contributed by atoms with Crippen LogP contribution in [0, 0.1) is 0 Å². The van der Waals surface area contributed by atoms with Gasteiger partial charge < -0.3 is 25.2 Å². The number of amides is 2. The van der Waals surface area contributed by atoms with Crippen molar-refractivity contribution in [1.82, 2.24) is 10.6 Å². The molecular weight excluding hydrogens is 292 g/mol. The molecule has 22 heavy (non-hydrogen) atoms. The van der Waals surface area contributed by atoms with Gasteiger partial charge in [0.05, 0.1) is 12.5 Å². The summed E-state index contributed by atoms with van der Waals surface area (Å²) in [5, 5.41) is 13.8. The number of hydrogen-bond donors (Lipinski definition) is 3. The molecule has 2 aliphatic rings. The van der Waals surface area contributed by atoms with E-state index < -0.39 is 24.0 Å². The number of carboxylic acid groups (broad SMARTS) is 1. The molecule has 2 amide bonds. The van der Waals surface area contributed by atoms with Gasteiger partial charge in [-0.2, -0.15) is 0 Å². The Balaban J connectivity index is 1.46. The molecule has 116 valence electrons. The van der Waals surface area contributed by atoms with Gasteiger partial charge in [-0.3, -0.25) is 9.59 Å². The number of aliphatic carboxylic acids is 1. The van der Waals surface area contributed by atoms with Crippen LogP contribution in [0.5, 0.6) is 5.75 Å². The van der Waals surface area contributed by atoms with Crippen LogP contribution in [0.25, 0.3) is 0 Å². The second-order valence-corrected chi connectivity index (χ2v) is 5.07. The third-order valence-electron chi connectivity index (χ3n) is 3.61. The summed E-state index contributed by atoms with van der Waals surface area (Å²) in [5.41, 5.74) is 0.984. The summed E-state index contributed by atoms with van der Waals surface area (Å²) >= 11 is 0. The maximum absolute atomic E-state index is 11.2. The number of nitrogens with one attached hydrogen (secondary N) is 2. The van der Waals surface area contributed by atoms with E-state index in [1.165, 1.54) is 0 Å². The van der Waals surface area contributed by atoms with Crippen LogP contribution in [0.4, 0.5) is 0 Å².